The lowest BCUT2D eigenvalue weighted by molar-refractivity contribution is -0.144. The quantitative estimate of drug-likeness (QED) is 0.765. The van der Waals surface area contributed by atoms with Crippen molar-refractivity contribution >= 4 is 40.8 Å². The van der Waals surface area contributed by atoms with E-state index in [1.54, 1.807) is 56.3 Å². The Kier molecular flexibility index (Phi) is 6.23. The summed E-state index contributed by atoms with van der Waals surface area (Å²) >= 11 is 12.1. The maximum atomic E-state index is 12.3. The van der Waals surface area contributed by atoms with Crippen LogP contribution in [0.5, 0.6) is 0 Å². The van der Waals surface area contributed by atoms with Crippen molar-refractivity contribution in [3.8, 4) is 0 Å². The minimum absolute atomic E-state index is 0.227. The average molecular weight is 366 g/mol. The van der Waals surface area contributed by atoms with Crippen LogP contribution in [0.15, 0.2) is 42.5 Å². The number of halogens is 2. The van der Waals surface area contributed by atoms with Gasteiger partial charge in [-0.25, -0.2) is 0 Å². The monoisotopic (exact) mass is 365 g/mol. The summed E-state index contributed by atoms with van der Waals surface area (Å²) in [5.74, 6) is -1.04. The Morgan fingerprint density at radius 2 is 1.67 bits per heavy atom. The van der Waals surface area contributed by atoms with Crippen molar-refractivity contribution in [1.82, 2.24) is 0 Å². The second-order valence-electron chi connectivity index (χ2n) is 5.15. The van der Waals surface area contributed by atoms with Gasteiger partial charge in [-0.05, 0) is 43.7 Å². The molecule has 0 saturated heterocycles. The van der Waals surface area contributed by atoms with E-state index in [-0.39, 0.29) is 27.5 Å². The van der Waals surface area contributed by atoms with Crippen molar-refractivity contribution in [3.05, 3.63) is 63.6 Å². The van der Waals surface area contributed by atoms with Crippen LogP contribution in [0.4, 0.5) is 5.69 Å². The first-order chi connectivity index (χ1) is 11.4. The van der Waals surface area contributed by atoms with Crippen molar-refractivity contribution in [3.63, 3.8) is 0 Å². The van der Waals surface area contributed by atoms with Crippen LogP contribution in [0.3, 0.4) is 0 Å². The fourth-order valence-electron chi connectivity index (χ4n) is 2.17. The van der Waals surface area contributed by atoms with E-state index in [1.165, 1.54) is 0 Å². The zero-order valence-electron chi connectivity index (χ0n) is 13.3. The van der Waals surface area contributed by atoms with E-state index in [1.807, 2.05) is 0 Å². The zero-order chi connectivity index (χ0) is 17.7. The van der Waals surface area contributed by atoms with Crippen LogP contribution >= 0.6 is 23.2 Å². The van der Waals surface area contributed by atoms with E-state index in [0.29, 0.717) is 12.3 Å². The second-order valence-corrected chi connectivity index (χ2v) is 5.96. The van der Waals surface area contributed by atoms with Gasteiger partial charge in [0.15, 0.2) is 0 Å². The smallest absolute Gasteiger partial charge is 0.313 e. The number of carbonyl (C=O) groups is 2. The minimum atomic E-state index is -0.392. The van der Waals surface area contributed by atoms with Crippen molar-refractivity contribution in [2.75, 3.05) is 11.9 Å². The third-order valence-corrected chi connectivity index (χ3v) is 4.13. The van der Waals surface area contributed by atoms with Gasteiger partial charge in [0.1, 0.15) is 0 Å². The molecule has 0 aliphatic carbocycles. The Hall–Kier alpha value is -2.04. The molecule has 126 valence electrons. The van der Waals surface area contributed by atoms with E-state index in [2.05, 4.69) is 5.32 Å². The van der Waals surface area contributed by atoms with E-state index in [9.17, 15) is 9.59 Å². The predicted octanol–water partition coefficient (Wildman–Crippen LogP) is 4.91. The molecule has 0 spiro atoms. The standard InChI is InChI=1S/C18H17Cl2NO3/c1-3-24-18(23)11(2)12-7-9-13(10-8-12)21-17(22)16-14(19)5-4-6-15(16)20/h4-11H,3H2,1-2H3,(H,21,22). The van der Waals surface area contributed by atoms with E-state index < -0.39 is 5.91 Å². The molecule has 0 aliphatic heterocycles. The summed E-state index contributed by atoms with van der Waals surface area (Å²) in [4.78, 5) is 24.1. The largest absolute Gasteiger partial charge is 0.466 e. The molecule has 0 fully saturated rings. The summed E-state index contributed by atoms with van der Waals surface area (Å²) in [6.45, 7) is 3.88. The van der Waals surface area contributed by atoms with Crippen LogP contribution in [-0.4, -0.2) is 18.5 Å². The minimum Gasteiger partial charge on any atom is -0.466 e. The van der Waals surface area contributed by atoms with Crippen molar-refractivity contribution < 1.29 is 14.3 Å². The lowest BCUT2D eigenvalue weighted by atomic mass is 10.0. The topological polar surface area (TPSA) is 55.4 Å². The normalized spacial score (nSPS) is 11.7. The van der Waals surface area contributed by atoms with Gasteiger partial charge in [-0.15, -0.1) is 0 Å². The number of amides is 1. The summed E-state index contributed by atoms with van der Waals surface area (Å²) in [6, 6.07) is 11.9. The highest BCUT2D eigenvalue weighted by Crippen LogP contribution is 2.26. The molecule has 0 aromatic heterocycles. The Bertz CT molecular complexity index is 724. The molecule has 1 amide bonds. The lowest BCUT2D eigenvalue weighted by Crippen LogP contribution is -2.14. The first-order valence-corrected chi connectivity index (χ1v) is 8.21. The fourth-order valence-corrected chi connectivity index (χ4v) is 2.74. The van der Waals surface area contributed by atoms with Gasteiger partial charge in [-0.2, -0.15) is 0 Å². The van der Waals surface area contributed by atoms with Crippen LogP contribution in [-0.2, 0) is 9.53 Å². The number of anilines is 1. The third-order valence-electron chi connectivity index (χ3n) is 3.50. The zero-order valence-corrected chi connectivity index (χ0v) is 14.8. The van der Waals surface area contributed by atoms with Crippen molar-refractivity contribution in [2.24, 2.45) is 0 Å². The van der Waals surface area contributed by atoms with Crippen LogP contribution in [0.25, 0.3) is 0 Å². The number of hydrogen-bond acceptors (Lipinski definition) is 3. The molecule has 1 atom stereocenters. The molecule has 0 heterocycles. The molecule has 6 heteroatoms. The first kappa shape index (κ1) is 18.3. The molecule has 0 radical (unpaired) electrons. The highest BCUT2D eigenvalue weighted by molar-refractivity contribution is 6.40. The molecular formula is C18H17Cl2NO3. The Morgan fingerprint density at radius 3 is 2.21 bits per heavy atom. The van der Waals surface area contributed by atoms with Crippen LogP contribution < -0.4 is 5.32 Å². The van der Waals surface area contributed by atoms with Gasteiger partial charge in [0.2, 0.25) is 0 Å². The van der Waals surface area contributed by atoms with Gasteiger partial charge < -0.3 is 10.1 Å². The van der Waals surface area contributed by atoms with E-state index in [0.717, 1.165) is 5.56 Å². The van der Waals surface area contributed by atoms with Crippen molar-refractivity contribution in [2.45, 2.75) is 19.8 Å². The lowest BCUT2D eigenvalue weighted by Gasteiger charge is -2.12. The number of ether oxygens (including phenoxy) is 1. The molecule has 4 nitrogen and oxygen atoms in total. The maximum Gasteiger partial charge on any atom is 0.313 e. The van der Waals surface area contributed by atoms with Gasteiger partial charge >= 0.3 is 5.97 Å². The van der Waals surface area contributed by atoms with Crippen LogP contribution in [0.2, 0.25) is 10.0 Å². The summed E-state index contributed by atoms with van der Waals surface area (Å²) in [7, 11) is 0. The SMILES string of the molecule is CCOC(=O)C(C)c1ccc(NC(=O)c2c(Cl)cccc2Cl)cc1. The number of esters is 1. The van der Waals surface area contributed by atoms with Gasteiger partial charge in [0.25, 0.3) is 5.91 Å². The van der Waals surface area contributed by atoms with Crippen LogP contribution in [0.1, 0.15) is 35.7 Å². The van der Waals surface area contributed by atoms with Gasteiger partial charge in [-0.3, -0.25) is 9.59 Å². The van der Waals surface area contributed by atoms with Gasteiger partial charge in [-0.1, -0.05) is 41.4 Å². The first-order valence-electron chi connectivity index (χ1n) is 7.46. The Balaban J connectivity index is 2.12. The molecule has 1 unspecified atom stereocenters. The van der Waals surface area contributed by atoms with Crippen LogP contribution in [0, 0.1) is 0 Å². The summed E-state index contributed by atoms with van der Waals surface area (Å²) in [5.41, 5.74) is 1.61. The van der Waals surface area contributed by atoms with E-state index in [4.69, 9.17) is 27.9 Å². The van der Waals surface area contributed by atoms with Crippen molar-refractivity contribution in [1.29, 1.82) is 0 Å². The number of benzene rings is 2. The second kappa shape index (κ2) is 8.18. The molecule has 2 rings (SSSR count). The highest BCUT2D eigenvalue weighted by Gasteiger charge is 2.17. The summed E-state index contributed by atoms with van der Waals surface area (Å²) in [6.07, 6.45) is 0. The molecule has 0 aliphatic rings. The maximum absolute atomic E-state index is 12.3. The number of nitrogens with one attached hydrogen (secondary N) is 1. The number of rotatable bonds is 5. The Labute approximate surface area is 150 Å². The average Bonchev–Trinajstić information content (AvgIpc) is 2.55. The number of carbonyl (C=O) groups excluding carboxylic acids is 2. The van der Waals surface area contributed by atoms with Gasteiger partial charge in [0, 0.05) is 5.69 Å². The molecule has 2 aromatic rings. The predicted molar refractivity (Wildman–Crippen MR) is 95.9 cm³/mol. The molecular weight excluding hydrogens is 349 g/mol. The fraction of sp³-hybridized carbons (Fsp3) is 0.222. The van der Waals surface area contributed by atoms with Gasteiger partial charge in [0.05, 0.1) is 28.1 Å². The summed E-state index contributed by atoms with van der Waals surface area (Å²) < 4.78 is 5.00. The molecule has 1 N–H and O–H groups in total. The third kappa shape index (κ3) is 4.28. The number of hydrogen-bond donors (Lipinski definition) is 1. The molecule has 0 bridgehead atoms. The molecule has 2 aromatic carbocycles. The molecule has 24 heavy (non-hydrogen) atoms. The molecule has 0 saturated carbocycles. The summed E-state index contributed by atoms with van der Waals surface area (Å²) in [5, 5.41) is 3.31. The highest BCUT2D eigenvalue weighted by atomic mass is 35.5. The Morgan fingerprint density at radius 1 is 1.08 bits per heavy atom. The van der Waals surface area contributed by atoms with E-state index >= 15 is 0 Å².